The fraction of sp³-hybridized carbons (Fsp3) is 0.909. The van der Waals surface area contributed by atoms with Crippen molar-refractivity contribution in [2.45, 2.75) is 33.1 Å². The van der Waals surface area contributed by atoms with Crippen LogP contribution in [0.1, 0.15) is 33.1 Å². The van der Waals surface area contributed by atoms with Gasteiger partial charge in [0.1, 0.15) is 0 Å². The zero-order valence-corrected chi connectivity index (χ0v) is 9.25. The molecule has 82 valence electrons. The molecule has 3 heteroatoms. The minimum absolute atomic E-state index is 0.00810. The number of nitrogens with one attached hydrogen (secondary N) is 1. The van der Waals surface area contributed by atoms with E-state index < -0.39 is 0 Å². The Kier molecular flexibility index (Phi) is 4.39. The molecule has 1 fully saturated rings. The number of nitrogens with two attached hydrogens (primary N) is 1. The molecule has 1 rings (SSSR count). The van der Waals surface area contributed by atoms with Crippen LogP contribution in [0.5, 0.6) is 0 Å². The molecule has 1 aliphatic rings. The lowest BCUT2D eigenvalue weighted by Gasteiger charge is -2.16. The Bertz CT molecular complexity index is 188. The molecule has 0 radical (unpaired) electrons. The highest BCUT2D eigenvalue weighted by Gasteiger charge is 2.24. The number of carbonyl (C=O) groups excluding carboxylic acids is 1. The summed E-state index contributed by atoms with van der Waals surface area (Å²) >= 11 is 0. The zero-order chi connectivity index (χ0) is 10.6. The summed E-state index contributed by atoms with van der Waals surface area (Å²) in [5, 5.41) is 2.98. The molecule has 0 bridgehead atoms. The second-order valence-corrected chi connectivity index (χ2v) is 4.75. The van der Waals surface area contributed by atoms with Crippen LogP contribution in [-0.4, -0.2) is 19.0 Å². The first-order valence-corrected chi connectivity index (χ1v) is 5.61. The SMILES string of the molecule is CC(C)CC(CN)C(=O)NCC1CC1. The smallest absolute Gasteiger partial charge is 0.224 e. The first-order valence-electron chi connectivity index (χ1n) is 5.61. The van der Waals surface area contributed by atoms with Crippen LogP contribution in [0.2, 0.25) is 0 Å². The van der Waals surface area contributed by atoms with Crippen LogP contribution in [0.3, 0.4) is 0 Å². The Morgan fingerprint density at radius 2 is 2.14 bits per heavy atom. The topological polar surface area (TPSA) is 55.1 Å². The molecule has 1 amide bonds. The molecule has 0 aromatic rings. The van der Waals surface area contributed by atoms with Gasteiger partial charge in [-0.2, -0.15) is 0 Å². The van der Waals surface area contributed by atoms with E-state index in [2.05, 4.69) is 19.2 Å². The Labute approximate surface area is 86.4 Å². The minimum atomic E-state index is 0.00810. The number of carbonyl (C=O) groups is 1. The predicted molar refractivity (Wildman–Crippen MR) is 57.7 cm³/mol. The van der Waals surface area contributed by atoms with Crippen molar-refractivity contribution in [2.75, 3.05) is 13.1 Å². The third kappa shape index (κ3) is 4.09. The van der Waals surface area contributed by atoms with Crippen molar-refractivity contribution in [3.05, 3.63) is 0 Å². The molecule has 0 aliphatic heterocycles. The molecule has 1 aliphatic carbocycles. The summed E-state index contributed by atoms with van der Waals surface area (Å²) in [5.74, 6) is 1.44. The Hall–Kier alpha value is -0.570. The van der Waals surface area contributed by atoms with E-state index >= 15 is 0 Å². The number of hydrogen-bond acceptors (Lipinski definition) is 2. The van der Waals surface area contributed by atoms with Crippen LogP contribution >= 0.6 is 0 Å². The van der Waals surface area contributed by atoms with Gasteiger partial charge in [-0.25, -0.2) is 0 Å². The third-order valence-corrected chi connectivity index (χ3v) is 2.67. The van der Waals surface area contributed by atoms with E-state index in [9.17, 15) is 4.79 Å². The molecule has 3 N–H and O–H groups in total. The minimum Gasteiger partial charge on any atom is -0.356 e. The van der Waals surface area contributed by atoms with Gasteiger partial charge in [0.15, 0.2) is 0 Å². The summed E-state index contributed by atoms with van der Waals surface area (Å²) in [6.45, 7) is 5.57. The molecule has 0 spiro atoms. The van der Waals surface area contributed by atoms with Crippen molar-refractivity contribution in [2.24, 2.45) is 23.5 Å². The first kappa shape index (κ1) is 11.5. The maximum atomic E-state index is 11.7. The van der Waals surface area contributed by atoms with Gasteiger partial charge in [-0.1, -0.05) is 13.8 Å². The highest BCUT2D eigenvalue weighted by Crippen LogP contribution is 2.27. The van der Waals surface area contributed by atoms with Crippen molar-refractivity contribution in [3.63, 3.8) is 0 Å². The van der Waals surface area contributed by atoms with E-state index in [-0.39, 0.29) is 11.8 Å². The molecule has 1 unspecified atom stereocenters. The maximum Gasteiger partial charge on any atom is 0.224 e. The van der Waals surface area contributed by atoms with Gasteiger partial charge in [-0.15, -0.1) is 0 Å². The van der Waals surface area contributed by atoms with Crippen molar-refractivity contribution in [3.8, 4) is 0 Å². The van der Waals surface area contributed by atoms with Crippen molar-refractivity contribution < 1.29 is 4.79 Å². The molecule has 0 saturated heterocycles. The molecule has 0 heterocycles. The summed E-state index contributed by atoms with van der Waals surface area (Å²) in [5.41, 5.74) is 5.58. The number of hydrogen-bond donors (Lipinski definition) is 2. The molecular weight excluding hydrogens is 176 g/mol. The van der Waals surface area contributed by atoms with Gasteiger partial charge < -0.3 is 11.1 Å². The van der Waals surface area contributed by atoms with E-state index in [1.54, 1.807) is 0 Å². The zero-order valence-electron chi connectivity index (χ0n) is 9.25. The van der Waals surface area contributed by atoms with E-state index in [4.69, 9.17) is 5.73 Å². The van der Waals surface area contributed by atoms with Crippen LogP contribution in [-0.2, 0) is 4.79 Å². The lowest BCUT2D eigenvalue weighted by molar-refractivity contribution is -0.125. The van der Waals surface area contributed by atoms with E-state index in [1.165, 1.54) is 12.8 Å². The fourth-order valence-corrected chi connectivity index (χ4v) is 1.59. The Balaban J connectivity index is 2.22. The molecule has 3 nitrogen and oxygen atoms in total. The van der Waals surface area contributed by atoms with Gasteiger partial charge in [0, 0.05) is 13.1 Å². The Morgan fingerprint density at radius 3 is 2.57 bits per heavy atom. The summed E-state index contributed by atoms with van der Waals surface area (Å²) in [4.78, 5) is 11.7. The van der Waals surface area contributed by atoms with Crippen LogP contribution in [0.15, 0.2) is 0 Å². The largest absolute Gasteiger partial charge is 0.356 e. The van der Waals surface area contributed by atoms with E-state index in [0.717, 1.165) is 18.9 Å². The van der Waals surface area contributed by atoms with Gasteiger partial charge in [0.25, 0.3) is 0 Å². The highest BCUT2D eigenvalue weighted by molar-refractivity contribution is 5.78. The van der Waals surface area contributed by atoms with Crippen LogP contribution in [0.25, 0.3) is 0 Å². The van der Waals surface area contributed by atoms with Crippen molar-refractivity contribution in [1.82, 2.24) is 5.32 Å². The lowest BCUT2D eigenvalue weighted by atomic mass is 9.96. The molecule has 0 aromatic carbocycles. The summed E-state index contributed by atoms with van der Waals surface area (Å²) in [7, 11) is 0. The van der Waals surface area contributed by atoms with Gasteiger partial charge in [-0.3, -0.25) is 4.79 Å². The lowest BCUT2D eigenvalue weighted by Crippen LogP contribution is -2.36. The second-order valence-electron chi connectivity index (χ2n) is 4.75. The molecule has 1 atom stereocenters. The molecule has 1 saturated carbocycles. The van der Waals surface area contributed by atoms with Crippen LogP contribution in [0.4, 0.5) is 0 Å². The molecule has 14 heavy (non-hydrogen) atoms. The van der Waals surface area contributed by atoms with Gasteiger partial charge in [0.2, 0.25) is 5.91 Å². The molecule has 0 aromatic heterocycles. The van der Waals surface area contributed by atoms with E-state index in [0.29, 0.717) is 12.5 Å². The predicted octanol–water partition coefficient (Wildman–Crippen LogP) is 1.13. The average Bonchev–Trinajstić information content (AvgIpc) is 2.93. The van der Waals surface area contributed by atoms with Crippen molar-refractivity contribution in [1.29, 1.82) is 0 Å². The van der Waals surface area contributed by atoms with Gasteiger partial charge in [-0.05, 0) is 31.1 Å². The number of amides is 1. The Morgan fingerprint density at radius 1 is 1.50 bits per heavy atom. The summed E-state index contributed by atoms with van der Waals surface area (Å²) in [6.07, 6.45) is 3.45. The van der Waals surface area contributed by atoms with Crippen LogP contribution in [0, 0.1) is 17.8 Å². The fourth-order valence-electron chi connectivity index (χ4n) is 1.59. The maximum absolute atomic E-state index is 11.7. The average molecular weight is 198 g/mol. The van der Waals surface area contributed by atoms with Gasteiger partial charge in [0.05, 0.1) is 5.92 Å². The first-order chi connectivity index (χ1) is 6.63. The normalized spacial score (nSPS) is 18.3. The standard InChI is InChI=1S/C11H22N2O/c1-8(2)5-10(6-12)11(14)13-7-9-3-4-9/h8-10H,3-7,12H2,1-2H3,(H,13,14). The molecular formula is C11H22N2O. The van der Waals surface area contributed by atoms with Gasteiger partial charge >= 0.3 is 0 Å². The van der Waals surface area contributed by atoms with Crippen molar-refractivity contribution >= 4 is 5.91 Å². The quantitative estimate of drug-likeness (QED) is 0.672. The van der Waals surface area contributed by atoms with Crippen LogP contribution < -0.4 is 11.1 Å². The second kappa shape index (κ2) is 5.35. The third-order valence-electron chi connectivity index (χ3n) is 2.67. The number of rotatable bonds is 6. The monoisotopic (exact) mass is 198 g/mol. The summed E-state index contributed by atoms with van der Waals surface area (Å²) in [6, 6.07) is 0. The summed E-state index contributed by atoms with van der Waals surface area (Å²) < 4.78 is 0. The van der Waals surface area contributed by atoms with E-state index in [1.807, 2.05) is 0 Å². The highest BCUT2D eigenvalue weighted by atomic mass is 16.1.